The highest BCUT2D eigenvalue weighted by atomic mass is 16.5. The van der Waals surface area contributed by atoms with Gasteiger partial charge in [0.15, 0.2) is 5.58 Å². The van der Waals surface area contributed by atoms with E-state index in [1.807, 2.05) is 36.7 Å². The number of hydrogen-bond acceptors (Lipinski definition) is 4. The summed E-state index contributed by atoms with van der Waals surface area (Å²) in [5.41, 5.74) is 3.64. The average molecular weight is 312 g/mol. The smallest absolute Gasteiger partial charge is 0.226 e. The van der Waals surface area contributed by atoms with E-state index < -0.39 is 0 Å². The van der Waals surface area contributed by atoms with Crippen molar-refractivity contribution < 1.29 is 9.32 Å². The zero-order valence-electron chi connectivity index (χ0n) is 13.4. The molecule has 0 fully saturated rings. The first kappa shape index (κ1) is 15.3. The molecular formula is C17H20N4O2. The second-order valence-electron chi connectivity index (χ2n) is 5.77. The van der Waals surface area contributed by atoms with Crippen LogP contribution in [0.4, 0.5) is 0 Å². The number of rotatable bonds is 6. The lowest BCUT2D eigenvalue weighted by Crippen LogP contribution is -2.26. The van der Waals surface area contributed by atoms with Crippen LogP contribution in [0.3, 0.4) is 0 Å². The van der Waals surface area contributed by atoms with Crippen LogP contribution in [0.25, 0.3) is 11.0 Å². The maximum atomic E-state index is 12.1. The fourth-order valence-corrected chi connectivity index (χ4v) is 2.69. The molecule has 0 aliphatic heterocycles. The van der Waals surface area contributed by atoms with Gasteiger partial charge < -0.3 is 14.4 Å². The fourth-order valence-electron chi connectivity index (χ4n) is 2.69. The van der Waals surface area contributed by atoms with E-state index >= 15 is 0 Å². The van der Waals surface area contributed by atoms with Crippen LogP contribution in [0.15, 0.2) is 35.4 Å². The molecule has 120 valence electrons. The number of nitrogens with zero attached hydrogens (tertiary/aromatic N) is 3. The van der Waals surface area contributed by atoms with E-state index in [1.165, 1.54) is 0 Å². The van der Waals surface area contributed by atoms with E-state index in [2.05, 4.69) is 15.5 Å². The molecule has 1 aromatic carbocycles. The van der Waals surface area contributed by atoms with E-state index in [0.29, 0.717) is 12.2 Å². The molecule has 0 aliphatic rings. The molecular weight excluding hydrogens is 292 g/mol. The third kappa shape index (κ3) is 3.59. The van der Waals surface area contributed by atoms with Crippen molar-refractivity contribution in [2.24, 2.45) is 0 Å². The number of aryl methyl sites for hydroxylation is 3. The van der Waals surface area contributed by atoms with Crippen LogP contribution in [0.5, 0.6) is 0 Å². The number of hydrogen-bond donors (Lipinski definition) is 1. The van der Waals surface area contributed by atoms with Crippen LogP contribution in [0.1, 0.15) is 23.2 Å². The molecule has 0 spiro atoms. The van der Waals surface area contributed by atoms with Crippen LogP contribution in [-0.2, 0) is 17.8 Å². The van der Waals surface area contributed by atoms with E-state index in [0.717, 1.165) is 35.1 Å². The van der Waals surface area contributed by atoms with Crippen molar-refractivity contribution in [3.8, 4) is 0 Å². The highest BCUT2D eigenvalue weighted by molar-refractivity contribution is 5.88. The van der Waals surface area contributed by atoms with Crippen molar-refractivity contribution in [1.29, 1.82) is 0 Å². The van der Waals surface area contributed by atoms with Crippen molar-refractivity contribution in [3.05, 3.63) is 47.7 Å². The van der Waals surface area contributed by atoms with Crippen LogP contribution >= 0.6 is 0 Å². The maximum absolute atomic E-state index is 12.1. The minimum atomic E-state index is -0.0370. The molecule has 2 aromatic heterocycles. The van der Waals surface area contributed by atoms with Gasteiger partial charge in [0.1, 0.15) is 5.69 Å². The number of carbonyl (C=O) groups excluding carboxylic acids is 1. The van der Waals surface area contributed by atoms with E-state index in [-0.39, 0.29) is 12.3 Å². The number of carbonyl (C=O) groups is 1. The van der Waals surface area contributed by atoms with Crippen molar-refractivity contribution in [1.82, 2.24) is 20.0 Å². The van der Waals surface area contributed by atoms with E-state index in [4.69, 9.17) is 4.52 Å². The first-order valence-corrected chi connectivity index (χ1v) is 7.71. The standard InChI is InChI=1S/C17H20N4O2/c1-12-8-13(2)17-14(9-12)15(20-23-17)10-16(22)19-4-3-6-21-7-5-18-11-21/h5,7-9,11H,3-4,6,10H2,1-2H3,(H,19,22). The minimum absolute atomic E-state index is 0.0370. The van der Waals surface area contributed by atoms with Gasteiger partial charge in [-0.2, -0.15) is 0 Å². The third-order valence-electron chi connectivity index (χ3n) is 3.78. The molecule has 1 amide bonds. The molecule has 3 aromatic rings. The Balaban J connectivity index is 1.55. The number of imidazole rings is 1. The molecule has 23 heavy (non-hydrogen) atoms. The Morgan fingerprint density at radius 1 is 1.35 bits per heavy atom. The Hall–Kier alpha value is -2.63. The molecule has 0 aliphatic carbocycles. The van der Waals surface area contributed by atoms with Gasteiger partial charge in [-0.3, -0.25) is 4.79 Å². The second-order valence-corrected chi connectivity index (χ2v) is 5.77. The van der Waals surface area contributed by atoms with Gasteiger partial charge in [0.05, 0.1) is 12.7 Å². The Morgan fingerprint density at radius 2 is 2.22 bits per heavy atom. The van der Waals surface area contributed by atoms with E-state index in [9.17, 15) is 4.79 Å². The zero-order chi connectivity index (χ0) is 16.2. The van der Waals surface area contributed by atoms with Crippen molar-refractivity contribution in [2.75, 3.05) is 6.54 Å². The lowest BCUT2D eigenvalue weighted by atomic mass is 10.1. The van der Waals surface area contributed by atoms with Gasteiger partial charge in [0, 0.05) is 30.9 Å². The molecule has 0 radical (unpaired) electrons. The molecule has 6 heteroatoms. The Kier molecular flexibility index (Phi) is 4.41. The lowest BCUT2D eigenvalue weighted by molar-refractivity contribution is -0.120. The molecule has 6 nitrogen and oxygen atoms in total. The summed E-state index contributed by atoms with van der Waals surface area (Å²) < 4.78 is 7.36. The van der Waals surface area contributed by atoms with Crippen LogP contribution in [0.2, 0.25) is 0 Å². The SMILES string of the molecule is Cc1cc(C)c2onc(CC(=O)NCCCn3ccnc3)c2c1. The fraction of sp³-hybridized carbons (Fsp3) is 0.353. The Labute approximate surface area is 134 Å². The molecule has 0 atom stereocenters. The van der Waals surface area contributed by atoms with Gasteiger partial charge in [-0.15, -0.1) is 0 Å². The zero-order valence-corrected chi connectivity index (χ0v) is 13.4. The summed E-state index contributed by atoms with van der Waals surface area (Å²) in [7, 11) is 0. The number of fused-ring (bicyclic) bond motifs is 1. The van der Waals surface area contributed by atoms with Crippen molar-refractivity contribution in [2.45, 2.75) is 33.2 Å². The van der Waals surface area contributed by atoms with Crippen LogP contribution < -0.4 is 5.32 Å². The number of nitrogens with one attached hydrogen (secondary N) is 1. The minimum Gasteiger partial charge on any atom is -0.356 e. The maximum Gasteiger partial charge on any atom is 0.226 e. The first-order chi connectivity index (χ1) is 11.1. The lowest BCUT2D eigenvalue weighted by Gasteiger charge is -2.05. The summed E-state index contributed by atoms with van der Waals surface area (Å²) >= 11 is 0. The quantitative estimate of drug-likeness (QED) is 0.709. The summed E-state index contributed by atoms with van der Waals surface area (Å²) in [6, 6.07) is 4.06. The molecule has 0 saturated heterocycles. The molecule has 3 rings (SSSR count). The summed E-state index contributed by atoms with van der Waals surface area (Å²) in [5.74, 6) is -0.0370. The first-order valence-electron chi connectivity index (χ1n) is 7.71. The van der Waals surface area contributed by atoms with Crippen LogP contribution in [-0.4, -0.2) is 27.2 Å². The van der Waals surface area contributed by atoms with Gasteiger partial charge in [0.25, 0.3) is 0 Å². The molecule has 0 saturated carbocycles. The summed E-state index contributed by atoms with van der Waals surface area (Å²) in [5, 5.41) is 7.91. The summed E-state index contributed by atoms with van der Waals surface area (Å²) in [6.07, 6.45) is 6.53. The number of amides is 1. The van der Waals surface area contributed by atoms with Gasteiger partial charge in [-0.1, -0.05) is 11.2 Å². The van der Waals surface area contributed by atoms with Gasteiger partial charge in [-0.05, 0) is 37.5 Å². The molecule has 0 bridgehead atoms. The Bertz CT molecular complexity index is 805. The highest BCUT2D eigenvalue weighted by Crippen LogP contribution is 2.23. The van der Waals surface area contributed by atoms with Crippen molar-refractivity contribution >= 4 is 16.9 Å². The Morgan fingerprint density at radius 3 is 3.00 bits per heavy atom. The number of benzene rings is 1. The summed E-state index contributed by atoms with van der Waals surface area (Å²) in [4.78, 5) is 16.1. The normalized spacial score (nSPS) is 11.0. The predicted octanol–water partition coefficient (Wildman–Crippen LogP) is 2.39. The second kappa shape index (κ2) is 6.64. The van der Waals surface area contributed by atoms with Gasteiger partial charge >= 0.3 is 0 Å². The average Bonchev–Trinajstić information content (AvgIpc) is 3.14. The monoisotopic (exact) mass is 312 g/mol. The predicted molar refractivity (Wildman–Crippen MR) is 87.0 cm³/mol. The number of aromatic nitrogens is 3. The molecule has 2 heterocycles. The summed E-state index contributed by atoms with van der Waals surface area (Å²) in [6.45, 7) is 5.48. The molecule has 1 N–H and O–H groups in total. The van der Waals surface area contributed by atoms with Crippen LogP contribution in [0, 0.1) is 13.8 Å². The highest BCUT2D eigenvalue weighted by Gasteiger charge is 2.14. The van der Waals surface area contributed by atoms with E-state index in [1.54, 1.807) is 12.5 Å². The van der Waals surface area contributed by atoms with Crippen molar-refractivity contribution in [3.63, 3.8) is 0 Å². The van der Waals surface area contributed by atoms with Gasteiger partial charge in [0.2, 0.25) is 5.91 Å². The molecule has 0 unspecified atom stereocenters. The largest absolute Gasteiger partial charge is 0.356 e. The third-order valence-corrected chi connectivity index (χ3v) is 3.78. The van der Waals surface area contributed by atoms with Gasteiger partial charge in [-0.25, -0.2) is 4.98 Å². The topological polar surface area (TPSA) is 73.0 Å².